The van der Waals surface area contributed by atoms with Gasteiger partial charge in [-0.05, 0) is 37.6 Å². The fourth-order valence-corrected chi connectivity index (χ4v) is 4.25. The van der Waals surface area contributed by atoms with Crippen LogP contribution in [0.1, 0.15) is 23.7 Å². The molecule has 1 heterocycles. The van der Waals surface area contributed by atoms with Crippen LogP contribution in [0.2, 0.25) is 0 Å². The topological polar surface area (TPSA) is 101 Å². The highest BCUT2D eigenvalue weighted by molar-refractivity contribution is 7.91. The van der Waals surface area contributed by atoms with Gasteiger partial charge < -0.3 is 14.7 Å². The number of benzene rings is 1. The lowest BCUT2D eigenvalue weighted by atomic mass is 10.2. The molecule has 1 aromatic carbocycles. The van der Waals surface area contributed by atoms with Gasteiger partial charge in [0.1, 0.15) is 5.75 Å². The van der Waals surface area contributed by atoms with Crippen LogP contribution < -0.4 is 4.74 Å². The minimum absolute atomic E-state index is 0.0186. The van der Waals surface area contributed by atoms with E-state index in [1.807, 2.05) is 0 Å². The molecule has 126 valence electrons. The highest BCUT2D eigenvalue weighted by Crippen LogP contribution is 2.19. The van der Waals surface area contributed by atoms with Gasteiger partial charge in [0.25, 0.3) is 5.91 Å². The van der Waals surface area contributed by atoms with E-state index in [0.29, 0.717) is 12.2 Å². The van der Waals surface area contributed by atoms with Crippen LogP contribution in [-0.2, 0) is 14.6 Å². The average Bonchev–Trinajstić information content (AvgIpc) is 2.86. The number of hydrogen-bond acceptors (Lipinski definition) is 5. The van der Waals surface area contributed by atoms with E-state index in [1.54, 1.807) is 14.0 Å². The largest absolute Gasteiger partial charge is 0.481 e. The Bertz CT molecular complexity index is 697. The summed E-state index contributed by atoms with van der Waals surface area (Å²) in [6, 6.07) is 5.41. The van der Waals surface area contributed by atoms with Crippen molar-refractivity contribution in [2.45, 2.75) is 25.5 Å². The number of carbonyl (C=O) groups is 2. The number of carbonyl (C=O) groups excluding carboxylic acids is 1. The SMILES string of the molecule is CC(Oc1ccc(C(=O)O)cc1)C(=O)N(C)C1CCS(=O)(=O)C1. The number of sulfone groups is 1. The molecule has 1 N–H and O–H groups in total. The van der Waals surface area contributed by atoms with Crippen molar-refractivity contribution >= 4 is 21.7 Å². The van der Waals surface area contributed by atoms with Crippen molar-refractivity contribution in [3.8, 4) is 5.75 Å². The second-order valence-electron chi connectivity index (χ2n) is 5.60. The van der Waals surface area contributed by atoms with Gasteiger partial charge in [-0.2, -0.15) is 0 Å². The summed E-state index contributed by atoms with van der Waals surface area (Å²) < 4.78 is 28.5. The fourth-order valence-electron chi connectivity index (χ4n) is 2.48. The molecule has 1 aromatic rings. The van der Waals surface area contributed by atoms with Crippen LogP contribution in [0.15, 0.2) is 24.3 Å². The van der Waals surface area contributed by atoms with Gasteiger partial charge in [0.05, 0.1) is 17.1 Å². The molecule has 0 bridgehead atoms. The summed E-state index contributed by atoms with van der Waals surface area (Å²) in [5, 5.41) is 8.83. The van der Waals surface area contributed by atoms with E-state index < -0.39 is 21.9 Å². The molecule has 7 nitrogen and oxygen atoms in total. The number of carboxylic acids is 1. The summed E-state index contributed by atoms with van der Waals surface area (Å²) in [6.45, 7) is 1.58. The lowest BCUT2D eigenvalue weighted by Gasteiger charge is -2.26. The van der Waals surface area contributed by atoms with E-state index in [0.717, 1.165) is 0 Å². The van der Waals surface area contributed by atoms with E-state index in [9.17, 15) is 18.0 Å². The quantitative estimate of drug-likeness (QED) is 0.850. The Morgan fingerprint density at radius 1 is 1.30 bits per heavy atom. The van der Waals surface area contributed by atoms with Crippen molar-refractivity contribution in [3.63, 3.8) is 0 Å². The lowest BCUT2D eigenvalue weighted by Crippen LogP contribution is -2.44. The van der Waals surface area contributed by atoms with Crippen molar-refractivity contribution in [2.75, 3.05) is 18.6 Å². The van der Waals surface area contributed by atoms with Gasteiger partial charge in [0, 0.05) is 13.1 Å². The Balaban J connectivity index is 1.98. The zero-order valence-electron chi connectivity index (χ0n) is 12.9. The highest BCUT2D eigenvalue weighted by atomic mass is 32.2. The summed E-state index contributed by atoms with van der Waals surface area (Å²) in [7, 11) is -1.49. The van der Waals surface area contributed by atoms with Crippen molar-refractivity contribution in [1.82, 2.24) is 4.90 Å². The van der Waals surface area contributed by atoms with Gasteiger partial charge in [-0.25, -0.2) is 13.2 Å². The molecule has 1 aliphatic rings. The summed E-state index contributed by atoms with van der Waals surface area (Å²) >= 11 is 0. The molecule has 0 radical (unpaired) electrons. The molecule has 1 saturated heterocycles. The molecular weight excluding hydrogens is 322 g/mol. The molecule has 23 heavy (non-hydrogen) atoms. The predicted octanol–water partition coefficient (Wildman–Crippen LogP) is 0.798. The van der Waals surface area contributed by atoms with E-state index in [4.69, 9.17) is 9.84 Å². The highest BCUT2D eigenvalue weighted by Gasteiger charge is 2.34. The summed E-state index contributed by atoms with van der Waals surface area (Å²) in [6.07, 6.45) is -0.357. The zero-order chi connectivity index (χ0) is 17.2. The first-order valence-corrected chi connectivity index (χ1v) is 8.99. The van der Waals surface area contributed by atoms with Gasteiger partial charge >= 0.3 is 5.97 Å². The maximum Gasteiger partial charge on any atom is 0.335 e. The third-order valence-corrected chi connectivity index (χ3v) is 5.62. The number of amides is 1. The number of hydrogen-bond donors (Lipinski definition) is 1. The number of aromatic carboxylic acids is 1. The number of likely N-dealkylation sites (N-methyl/N-ethyl adjacent to an activating group) is 1. The van der Waals surface area contributed by atoms with E-state index in [1.165, 1.54) is 29.2 Å². The predicted molar refractivity (Wildman–Crippen MR) is 83.3 cm³/mol. The molecule has 0 saturated carbocycles. The van der Waals surface area contributed by atoms with Crippen LogP contribution >= 0.6 is 0 Å². The normalized spacial score (nSPS) is 20.7. The van der Waals surface area contributed by atoms with E-state index in [2.05, 4.69) is 0 Å². The second kappa shape index (κ2) is 6.57. The van der Waals surface area contributed by atoms with E-state index >= 15 is 0 Å². The van der Waals surface area contributed by atoms with Gasteiger partial charge in [0.15, 0.2) is 15.9 Å². The first-order valence-electron chi connectivity index (χ1n) is 7.17. The minimum atomic E-state index is -3.06. The Hall–Kier alpha value is -2.09. The number of carboxylic acid groups (broad SMARTS) is 1. The van der Waals surface area contributed by atoms with Crippen molar-refractivity contribution < 1.29 is 27.9 Å². The summed E-state index contributed by atoms with van der Waals surface area (Å²) in [4.78, 5) is 24.5. The molecule has 1 aliphatic heterocycles. The molecule has 2 atom stereocenters. The van der Waals surface area contributed by atoms with Gasteiger partial charge in [-0.3, -0.25) is 4.79 Å². The van der Waals surface area contributed by atoms with Crippen LogP contribution in [0, 0.1) is 0 Å². The molecule has 2 rings (SSSR count). The lowest BCUT2D eigenvalue weighted by molar-refractivity contribution is -0.138. The molecule has 1 fully saturated rings. The Morgan fingerprint density at radius 3 is 2.39 bits per heavy atom. The number of ether oxygens (including phenoxy) is 1. The number of nitrogens with zero attached hydrogens (tertiary/aromatic N) is 1. The molecular formula is C15H19NO6S. The monoisotopic (exact) mass is 341 g/mol. The maximum atomic E-state index is 12.3. The molecule has 0 aliphatic carbocycles. The Morgan fingerprint density at radius 2 is 1.91 bits per heavy atom. The minimum Gasteiger partial charge on any atom is -0.481 e. The number of rotatable bonds is 5. The van der Waals surface area contributed by atoms with Crippen LogP contribution in [0.5, 0.6) is 5.75 Å². The van der Waals surface area contributed by atoms with Gasteiger partial charge in [-0.15, -0.1) is 0 Å². The van der Waals surface area contributed by atoms with Crippen molar-refractivity contribution in [1.29, 1.82) is 0 Å². The third kappa shape index (κ3) is 4.22. The Kier molecular flexibility index (Phi) is 4.93. The van der Waals surface area contributed by atoms with Crippen LogP contribution in [-0.4, -0.2) is 61.0 Å². The Labute approximate surface area is 134 Å². The summed E-state index contributed by atoms with van der Waals surface area (Å²) in [5.41, 5.74) is 0.129. The second-order valence-corrected chi connectivity index (χ2v) is 7.82. The third-order valence-electron chi connectivity index (χ3n) is 3.87. The first kappa shape index (κ1) is 17.3. The standard InChI is InChI=1S/C15H19NO6S/c1-10(22-13-5-3-11(4-6-13)15(18)19)14(17)16(2)12-7-8-23(20,21)9-12/h3-6,10,12H,7-9H2,1-2H3,(H,18,19). The zero-order valence-corrected chi connectivity index (χ0v) is 13.7. The smallest absolute Gasteiger partial charge is 0.335 e. The summed E-state index contributed by atoms with van der Waals surface area (Å²) in [5.74, 6) is -0.892. The van der Waals surface area contributed by atoms with Crippen LogP contribution in [0.25, 0.3) is 0 Å². The van der Waals surface area contributed by atoms with Crippen molar-refractivity contribution in [2.24, 2.45) is 0 Å². The van der Waals surface area contributed by atoms with Crippen LogP contribution in [0.3, 0.4) is 0 Å². The maximum absolute atomic E-state index is 12.3. The molecule has 0 spiro atoms. The molecule has 1 amide bonds. The fraction of sp³-hybridized carbons (Fsp3) is 0.467. The van der Waals surface area contributed by atoms with Gasteiger partial charge in [0.2, 0.25) is 0 Å². The van der Waals surface area contributed by atoms with Crippen LogP contribution in [0.4, 0.5) is 0 Å². The average molecular weight is 341 g/mol. The van der Waals surface area contributed by atoms with Gasteiger partial charge in [-0.1, -0.05) is 0 Å². The molecule has 0 aromatic heterocycles. The van der Waals surface area contributed by atoms with E-state index in [-0.39, 0.29) is 29.0 Å². The first-order chi connectivity index (χ1) is 10.7. The molecule has 2 unspecified atom stereocenters. The molecule has 8 heteroatoms. The van der Waals surface area contributed by atoms with Crippen molar-refractivity contribution in [3.05, 3.63) is 29.8 Å².